The summed E-state index contributed by atoms with van der Waals surface area (Å²) in [5.74, 6) is 1.28. The van der Waals surface area contributed by atoms with E-state index in [1.807, 2.05) is 43.0 Å². The highest BCUT2D eigenvalue weighted by Crippen LogP contribution is 2.34. The van der Waals surface area contributed by atoms with Gasteiger partial charge in [-0.1, -0.05) is 31.5 Å². The predicted molar refractivity (Wildman–Crippen MR) is 138 cm³/mol. The zero-order chi connectivity index (χ0) is 24.7. The van der Waals surface area contributed by atoms with Gasteiger partial charge >= 0.3 is 0 Å². The van der Waals surface area contributed by atoms with Crippen molar-refractivity contribution in [3.05, 3.63) is 51.7 Å². The molecule has 2 atom stereocenters. The Kier molecular flexibility index (Phi) is 9.95. The average Bonchev–Trinajstić information content (AvgIpc) is 3.25. The van der Waals surface area contributed by atoms with Gasteiger partial charge in [0.15, 0.2) is 0 Å². The minimum Gasteiger partial charge on any atom is -0.491 e. The molecule has 1 aliphatic heterocycles. The number of benzene rings is 1. The van der Waals surface area contributed by atoms with E-state index >= 15 is 0 Å². The van der Waals surface area contributed by atoms with Crippen LogP contribution in [-0.2, 0) is 16.0 Å². The van der Waals surface area contributed by atoms with Gasteiger partial charge < -0.3 is 19.5 Å². The van der Waals surface area contributed by atoms with E-state index in [2.05, 4.69) is 37.1 Å². The van der Waals surface area contributed by atoms with Crippen LogP contribution in [0.4, 0.5) is 0 Å². The molecule has 34 heavy (non-hydrogen) atoms. The van der Waals surface area contributed by atoms with Gasteiger partial charge in [-0.2, -0.15) is 0 Å². The van der Waals surface area contributed by atoms with Crippen LogP contribution in [0.2, 0.25) is 0 Å². The maximum atomic E-state index is 13.6. The quantitative estimate of drug-likeness (QED) is 0.483. The van der Waals surface area contributed by atoms with Gasteiger partial charge in [0, 0.05) is 24.5 Å². The molecule has 188 valence electrons. The average molecular weight is 489 g/mol. The molecule has 0 saturated heterocycles. The van der Waals surface area contributed by atoms with Gasteiger partial charge in [0.1, 0.15) is 12.4 Å². The number of hydrogen-bond donors (Lipinski definition) is 1. The number of rotatable bonds is 12. The van der Waals surface area contributed by atoms with Crippen molar-refractivity contribution in [3.63, 3.8) is 0 Å². The first-order chi connectivity index (χ1) is 16.2. The van der Waals surface area contributed by atoms with E-state index in [4.69, 9.17) is 9.47 Å². The molecule has 0 spiro atoms. The zero-order valence-corrected chi connectivity index (χ0v) is 22.0. The molecule has 1 N–H and O–H groups in total. The van der Waals surface area contributed by atoms with Crippen molar-refractivity contribution in [3.8, 4) is 5.75 Å². The summed E-state index contributed by atoms with van der Waals surface area (Å²) in [6, 6.07) is 10.0. The number of ether oxygens (including phenoxy) is 2. The summed E-state index contributed by atoms with van der Waals surface area (Å²) in [5, 5.41) is 12.6. The van der Waals surface area contributed by atoms with Crippen LogP contribution in [0, 0.1) is 12.8 Å². The van der Waals surface area contributed by atoms with E-state index in [9.17, 15) is 9.90 Å². The predicted octanol–water partition coefficient (Wildman–Crippen LogP) is 4.31. The summed E-state index contributed by atoms with van der Waals surface area (Å²) in [4.78, 5) is 18.9. The molecule has 2 aromatic rings. The standard InChI is InChI=1S/C27H40N2O4S/c1-19(2)14-28(15-22(30)17-32-20(3)4)16-27(31)29-12-10-26-24(11-13-34-26)25(29)18-33-23-8-6-21(5)7-9-23/h6-9,11,13,19-20,22,25,30H,10,12,14-18H2,1-5H3/t22-,25+/m1/s1. The SMILES string of the molecule is Cc1ccc(OC[C@H]2c3ccsc3CCN2C(=O)CN(CC(C)C)C[C@@H](O)COC(C)C)cc1. The van der Waals surface area contributed by atoms with Gasteiger partial charge in [-0.15, -0.1) is 11.3 Å². The number of hydrogen-bond acceptors (Lipinski definition) is 6. The second kappa shape index (κ2) is 12.7. The molecule has 1 aromatic carbocycles. The number of fused-ring (bicyclic) bond motifs is 1. The number of carbonyl (C=O) groups is 1. The fraction of sp³-hybridized carbons (Fsp3) is 0.593. The molecule has 1 amide bonds. The summed E-state index contributed by atoms with van der Waals surface area (Å²) in [7, 11) is 0. The lowest BCUT2D eigenvalue weighted by Crippen LogP contribution is -2.48. The summed E-state index contributed by atoms with van der Waals surface area (Å²) in [6.45, 7) is 13.0. The molecule has 0 fully saturated rings. The number of aliphatic hydroxyl groups is 1. The van der Waals surface area contributed by atoms with Crippen LogP contribution >= 0.6 is 11.3 Å². The van der Waals surface area contributed by atoms with E-state index < -0.39 is 6.10 Å². The highest BCUT2D eigenvalue weighted by Gasteiger charge is 2.33. The van der Waals surface area contributed by atoms with Crippen molar-refractivity contribution in [1.82, 2.24) is 9.80 Å². The van der Waals surface area contributed by atoms with Crippen molar-refractivity contribution >= 4 is 17.2 Å². The van der Waals surface area contributed by atoms with Gasteiger partial charge in [-0.25, -0.2) is 0 Å². The lowest BCUT2D eigenvalue weighted by Gasteiger charge is -2.37. The van der Waals surface area contributed by atoms with Crippen molar-refractivity contribution in [2.24, 2.45) is 5.92 Å². The maximum absolute atomic E-state index is 13.6. The number of nitrogens with zero attached hydrogens (tertiary/aromatic N) is 2. The smallest absolute Gasteiger partial charge is 0.237 e. The molecule has 1 aromatic heterocycles. The van der Waals surface area contributed by atoms with Gasteiger partial charge in [0.2, 0.25) is 5.91 Å². The van der Waals surface area contributed by atoms with Crippen LogP contribution < -0.4 is 4.74 Å². The Morgan fingerprint density at radius 2 is 1.91 bits per heavy atom. The van der Waals surface area contributed by atoms with Crippen LogP contribution in [0.5, 0.6) is 5.75 Å². The minimum absolute atomic E-state index is 0.0669. The van der Waals surface area contributed by atoms with Gasteiger partial charge in [0.25, 0.3) is 0 Å². The Hall–Kier alpha value is -1.93. The molecule has 0 unspecified atom stereocenters. The lowest BCUT2D eigenvalue weighted by atomic mass is 10.00. The Labute approximate surface area is 208 Å². The second-order valence-electron chi connectivity index (χ2n) is 9.90. The van der Waals surface area contributed by atoms with E-state index in [-0.39, 0.29) is 31.2 Å². The molecule has 3 rings (SSSR count). The molecule has 0 aliphatic carbocycles. The van der Waals surface area contributed by atoms with Crippen LogP contribution in [0.3, 0.4) is 0 Å². The number of thiophene rings is 1. The van der Waals surface area contributed by atoms with E-state index in [0.717, 1.165) is 18.7 Å². The fourth-order valence-corrected chi connectivity index (χ4v) is 5.27. The van der Waals surface area contributed by atoms with Crippen LogP contribution in [0.15, 0.2) is 35.7 Å². The van der Waals surface area contributed by atoms with E-state index in [1.165, 1.54) is 16.0 Å². The maximum Gasteiger partial charge on any atom is 0.237 e. The first kappa shape index (κ1) is 26.7. The first-order valence-corrected chi connectivity index (χ1v) is 13.2. The Balaban J connectivity index is 1.69. The third-order valence-corrected chi connectivity index (χ3v) is 6.91. The van der Waals surface area contributed by atoms with Gasteiger partial charge in [-0.05, 0) is 62.3 Å². The normalized spacial score (nSPS) is 16.9. The zero-order valence-electron chi connectivity index (χ0n) is 21.2. The van der Waals surface area contributed by atoms with E-state index in [0.29, 0.717) is 25.6 Å². The fourth-order valence-electron chi connectivity index (χ4n) is 4.34. The number of carbonyl (C=O) groups excluding carboxylic acids is 1. The van der Waals surface area contributed by atoms with Crippen molar-refractivity contribution in [2.45, 2.75) is 59.3 Å². The monoisotopic (exact) mass is 488 g/mol. The molecule has 6 nitrogen and oxygen atoms in total. The Morgan fingerprint density at radius 1 is 1.18 bits per heavy atom. The number of aryl methyl sites for hydroxylation is 1. The second-order valence-corrected chi connectivity index (χ2v) is 10.9. The summed E-state index contributed by atoms with van der Waals surface area (Å²) < 4.78 is 11.7. The first-order valence-electron chi connectivity index (χ1n) is 12.3. The summed E-state index contributed by atoms with van der Waals surface area (Å²) in [6.07, 6.45) is 0.311. The largest absolute Gasteiger partial charge is 0.491 e. The highest BCUT2D eigenvalue weighted by atomic mass is 32.1. The Bertz CT molecular complexity index is 896. The van der Waals surface area contributed by atoms with E-state index in [1.54, 1.807) is 11.3 Å². The Morgan fingerprint density at radius 3 is 2.59 bits per heavy atom. The molecule has 7 heteroatoms. The molecule has 0 radical (unpaired) electrons. The van der Waals surface area contributed by atoms with Crippen LogP contribution in [-0.4, -0.2) is 72.4 Å². The van der Waals surface area contributed by atoms with Gasteiger partial charge in [-0.3, -0.25) is 9.69 Å². The van der Waals surface area contributed by atoms with Crippen LogP contribution in [0.25, 0.3) is 0 Å². The highest BCUT2D eigenvalue weighted by molar-refractivity contribution is 7.10. The summed E-state index contributed by atoms with van der Waals surface area (Å²) in [5.41, 5.74) is 2.38. The third-order valence-electron chi connectivity index (χ3n) is 5.92. The third kappa shape index (κ3) is 7.80. The molecule has 0 saturated carbocycles. The van der Waals surface area contributed by atoms with Crippen molar-refractivity contribution < 1.29 is 19.4 Å². The van der Waals surface area contributed by atoms with Gasteiger partial charge in [0.05, 0.1) is 31.4 Å². The molecular weight excluding hydrogens is 448 g/mol. The van der Waals surface area contributed by atoms with Crippen molar-refractivity contribution in [1.29, 1.82) is 0 Å². The molecule has 1 aliphatic rings. The van der Waals surface area contributed by atoms with Crippen LogP contribution in [0.1, 0.15) is 49.7 Å². The molecule has 0 bridgehead atoms. The summed E-state index contributed by atoms with van der Waals surface area (Å²) >= 11 is 1.75. The molecular formula is C27H40N2O4S. The molecule has 2 heterocycles. The minimum atomic E-state index is -0.626. The number of amides is 1. The number of aliphatic hydroxyl groups excluding tert-OH is 1. The topological polar surface area (TPSA) is 62.2 Å². The lowest BCUT2D eigenvalue weighted by molar-refractivity contribution is -0.136. The van der Waals surface area contributed by atoms with Crippen molar-refractivity contribution in [2.75, 3.05) is 39.4 Å².